The lowest BCUT2D eigenvalue weighted by atomic mass is 10.3. The quantitative estimate of drug-likeness (QED) is 0.674. The van der Waals surface area contributed by atoms with E-state index in [1.54, 1.807) is 6.07 Å². The highest BCUT2D eigenvalue weighted by Crippen LogP contribution is 2.38. The molecule has 1 aliphatic heterocycles. The van der Waals surface area contributed by atoms with E-state index in [1.165, 1.54) is 12.8 Å². The number of benzene rings is 1. The molecule has 0 N–H and O–H groups in total. The van der Waals surface area contributed by atoms with Gasteiger partial charge in [0.25, 0.3) is 0 Å². The Kier molecular flexibility index (Phi) is 3.10. The molecule has 0 aliphatic carbocycles. The second-order valence-electron chi connectivity index (χ2n) is 3.39. The van der Waals surface area contributed by atoms with E-state index in [0.717, 1.165) is 18.8 Å². The molecule has 0 saturated carbocycles. The normalized spacial score (nSPS) is 16.4. The van der Waals surface area contributed by atoms with E-state index in [2.05, 4.69) is 4.90 Å². The van der Waals surface area contributed by atoms with E-state index >= 15 is 0 Å². The Bertz CT molecular complexity index is 345. The van der Waals surface area contributed by atoms with Crippen LogP contribution in [0.15, 0.2) is 12.1 Å². The van der Waals surface area contributed by atoms with Gasteiger partial charge in [0.15, 0.2) is 0 Å². The second kappa shape index (κ2) is 4.18. The second-order valence-corrected chi connectivity index (χ2v) is 4.55. The van der Waals surface area contributed by atoms with Crippen molar-refractivity contribution in [3.05, 3.63) is 27.2 Å². The molecule has 0 atom stereocenters. The molecule has 0 aromatic heterocycles. The Morgan fingerprint density at radius 3 is 2.21 bits per heavy atom. The fourth-order valence-corrected chi connectivity index (χ4v) is 2.37. The fourth-order valence-electron chi connectivity index (χ4n) is 1.72. The molecule has 76 valence electrons. The molecule has 1 heterocycles. The molecular weight excluding hydrogens is 240 g/mol. The molecule has 0 spiro atoms. The lowest BCUT2D eigenvalue weighted by Gasteiger charge is -2.19. The van der Waals surface area contributed by atoms with Gasteiger partial charge in [-0.3, -0.25) is 0 Å². The van der Waals surface area contributed by atoms with Crippen LogP contribution in [0.4, 0.5) is 5.69 Å². The van der Waals surface area contributed by atoms with E-state index in [-0.39, 0.29) is 0 Å². The lowest BCUT2D eigenvalue weighted by Crippen LogP contribution is -2.17. The third-order valence-electron chi connectivity index (χ3n) is 2.46. The summed E-state index contributed by atoms with van der Waals surface area (Å²) in [5.74, 6) is 0. The van der Waals surface area contributed by atoms with Crippen LogP contribution < -0.4 is 4.90 Å². The molecule has 1 aliphatic rings. The van der Waals surface area contributed by atoms with Crippen molar-refractivity contribution >= 4 is 40.5 Å². The summed E-state index contributed by atoms with van der Waals surface area (Å²) in [7, 11) is 0. The van der Waals surface area contributed by atoms with Gasteiger partial charge in [-0.25, -0.2) is 0 Å². The number of rotatable bonds is 1. The Balaban J connectivity index is 2.38. The number of anilines is 1. The molecule has 0 amide bonds. The van der Waals surface area contributed by atoms with Crippen LogP contribution in [0.5, 0.6) is 0 Å². The average molecular weight is 251 g/mol. The Labute approximate surface area is 98.6 Å². The van der Waals surface area contributed by atoms with Gasteiger partial charge < -0.3 is 4.90 Å². The molecule has 1 aromatic rings. The molecule has 1 fully saturated rings. The van der Waals surface area contributed by atoms with Crippen molar-refractivity contribution in [1.82, 2.24) is 0 Å². The van der Waals surface area contributed by atoms with Gasteiger partial charge in [0.05, 0.1) is 20.8 Å². The summed E-state index contributed by atoms with van der Waals surface area (Å²) in [6.07, 6.45) is 2.44. The largest absolute Gasteiger partial charge is 0.370 e. The maximum atomic E-state index is 6.12. The molecular formula is C10H10Cl3N. The van der Waals surface area contributed by atoms with Gasteiger partial charge in [-0.05, 0) is 25.0 Å². The van der Waals surface area contributed by atoms with Gasteiger partial charge in [-0.2, -0.15) is 0 Å². The Morgan fingerprint density at radius 1 is 0.929 bits per heavy atom. The van der Waals surface area contributed by atoms with Crippen molar-refractivity contribution in [2.45, 2.75) is 12.8 Å². The first kappa shape index (κ1) is 10.4. The minimum Gasteiger partial charge on any atom is -0.370 e. The molecule has 2 rings (SSSR count). The van der Waals surface area contributed by atoms with Crippen molar-refractivity contribution in [1.29, 1.82) is 0 Å². The van der Waals surface area contributed by atoms with Crippen LogP contribution in [0.2, 0.25) is 15.1 Å². The maximum Gasteiger partial charge on any atom is 0.0840 e. The molecule has 1 saturated heterocycles. The smallest absolute Gasteiger partial charge is 0.0840 e. The van der Waals surface area contributed by atoms with E-state index in [1.807, 2.05) is 6.07 Å². The van der Waals surface area contributed by atoms with Crippen LogP contribution in [-0.4, -0.2) is 13.1 Å². The average Bonchev–Trinajstić information content (AvgIpc) is 2.67. The van der Waals surface area contributed by atoms with Gasteiger partial charge in [0.2, 0.25) is 0 Å². The SMILES string of the molecule is Clc1ccc(N2CCCC2)c(Cl)c1Cl. The van der Waals surface area contributed by atoms with Gasteiger partial charge in [-0.15, -0.1) is 0 Å². The molecule has 1 aromatic carbocycles. The zero-order chi connectivity index (χ0) is 10.1. The topological polar surface area (TPSA) is 3.24 Å². The third-order valence-corrected chi connectivity index (χ3v) is 3.75. The zero-order valence-electron chi connectivity index (χ0n) is 7.56. The van der Waals surface area contributed by atoms with Crippen molar-refractivity contribution < 1.29 is 0 Å². The maximum absolute atomic E-state index is 6.12. The van der Waals surface area contributed by atoms with Crippen LogP contribution in [0.25, 0.3) is 0 Å². The Morgan fingerprint density at radius 2 is 1.57 bits per heavy atom. The van der Waals surface area contributed by atoms with Crippen LogP contribution in [0, 0.1) is 0 Å². The zero-order valence-corrected chi connectivity index (χ0v) is 9.83. The molecule has 0 unspecified atom stereocenters. The van der Waals surface area contributed by atoms with Crippen molar-refractivity contribution in [3.8, 4) is 0 Å². The molecule has 4 heteroatoms. The van der Waals surface area contributed by atoms with E-state index in [4.69, 9.17) is 34.8 Å². The fraction of sp³-hybridized carbons (Fsp3) is 0.400. The summed E-state index contributed by atoms with van der Waals surface area (Å²) in [5, 5.41) is 1.54. The summed E-state index contributed by atoms with van der Waals surface area (Å²) in [6.45, 7) is 2.11. The van der Waals surface area contributed by atoms with E-state index < -0.39 is 0 Å². The van der Waals surface area contributed by atoms with Crippen LogP contribution >= 0.6 is 34.8 Å². The molecule has 0 bridgehead atoms. The highest BCUT2D eigenvalue weighted by molar-refractivity contribution is 6.49. The summed E-state index contributed by atoms with van der Waals surface area (Å²) in [5.41, 5.74) is 0.999. The van der Waals surface area contributed by atoms with Crippen molar-refractivity contribution in [2.75, 3.05) is 18.0 Å². The first-order valence-corrected chi connectivity index (χ1v) is 5.72. The van der Waals surface area contributed by atoms with Gasteiger partial charge >= 0.3 is 0 Å². The minimum absolute atomic E-state index is 0.456. The summed E-state index contributed by atoms with van der Waals surface area (Å²) >= 11 is 17.9. The number of hydrogen-bond donors (Lipinski definition) is 0. The van der Waals surface area contributed by atoms with E-state index in [9.17, 15) is 0 Å². The molecule has 1 nitrogen and oxygen atoms in total. The van der Waals surface area contributed by atoms with Crippen molar-refractivity contribution in [3.63, 3.8) is 0 Å². The van der Waals surface area contributed by atoms with Gasteiger partial charge in [0.1, 0.15) is 0 Å². The number of hydrogen-bond acceptors (Lipinski definition) is 1. The first-order valence-electron chi connectivity index (χ1n) is 4.58. The Hall–Kier alpha value is -0.110. The first-order chi connectivity index (χ1) is 6.70. The minimum atomic E-state index is 0.456. The molecule has 0 radical (unpaired) electrons. The number of nitrogens with zero attached hydrogens (tertiary/aromatic N) is 1. The standard InChI is InChI=1S/C10H10Cl3N/c11-7-3-4-8(10(13)9(7)12)14-5-1-2-6-14/h3-4H,1-2,5-6H2. The van der Waals surface area contributed by atoms with Crippen LogP contribution in [-0.2, 0) is 0 Å². The monoisotopic (exact) mass is 249 g/mol. The predicted molar refractivity (Wildman–Crippen MR) is 62.9 cm³/mol. The third kappa shape index (κ3) is 1.81. The summed E-state index contributed by atoms with van der Waals surface area (Å²) in [6, 6.07) is 3.73. The summed E-state index contributed by atoms with van der Waals surface area (Å²) < 4.78 is 0. The van der Waals surface area contributed by atoms with Crippen LogP contribution in [0.3, 0.4) is 0 Å². The van der Waals surface area contributed by atoms with Gasteiger partial charge in [0, 0.05) is 13.1 Å². The van der Waals surface area contributed by atoms with Crippen molar-refractivity contribution in [2.24, 2.45) is 0 Å². The number of halogens is 3. The highest BCUT2D eigenvalue weighted by atomic mass is 35.5. The lowest BCUT2D eigenvalue weighted by molar-refractivity contribution is 0.949. The predicted octanol–water partition coefficient (Wildman–Crippen LogP) is 4.25. The summed E-state index contributed by atoms with van der Waals surface area (Å²) in [4.78, 5) is 2.24. The highest BCUT2D eigenvalue weighted by Gasteiger charge is 2.17. The molecule has 14 heavy (non-hydrogen) atoms. The van der Waals surface area contributed by atoms with E-state index in [0.29, 0.717) is 15.1 Å². The van der Waals surface area contributed by atoms with Crippen LogP contribution in [0.1, 0.15) is 12.8 Å². The van der Waals surface area contributed by atoms with Gasteiger partial charge in [-0.1, -0.05) is 34.8 Å².